The van der Waals surface area contributed by atoms with Crippen LogP contribution in [0.25, 0.3) is 118 Å². The summed E-state index contributed by atoms with van der Waals surface area (Å²) in [7, 11) is 0. The van der Waals surface area contributed by atoms with E-state index in [1.54, 1.807) is 0 Å². The molecule has 0 N–H and O–H groups in total. The molecule has 0 unspecified atom stereocenters. The Morgan fingerprint density at radius 3 is 1.40 bits per heavy atom. The van der Waals surface area contributed by atoms with E-state index < -0.39 is 0 Å². The molecule has 0 fully saturated rings. The topological polar surface area (TPSA) is 75.9 Å². The van der Waals surface area contributed by atoms with Crippen LogP contribution in [0.3, 0.4) is 0 Å². The number of aromatic nitrogens is 6. The zero-order chi connectivity index (χ0) is 64.3. The Morgan fingerprint density at radius 2 is 0.753 bits per heavy atom. The van der Waals surface area contributed by atoms with Gasteiger partial charge < -0.3 is 14.4 Å². The normalized spacial score (nSPS) is 13.1. The lowest BCUT2D eigenvalue weighted by atomic mass is 9.33. The molecule has 3 aromatic heterocycles. The maximum atomic E-state index is 5.68. The molecule has 3 aliphatic rings. The molecule has 2 aliphatic heterocycles. The molecule has 454 valence electrons. The first kappa shape index (κ1) is 56.0. The van der Waals surface area contributed by atoms with Crippen molar-refractivity contribution in [1.29, 1.82) is 0 Å². The van der Waals surface area contributed by atoms with Gasteiger partial charge in [-0.15, -0.1) is 0 Å². The van der Waals surface area contributed by atoms with E-state index in [-0.39, 0.29) is 12.1 Å². The van der Waals surface area contributed by atoms with E-state index in [2.05, 4.69) is 307 Å². The summed E-state index contributed by atoms with van der Waals surface area (Å²) in [6.07, 6.45) is 0. The first-order valence-corrected chi connectivity index (χ1v) is 33.2. The Hall–Kier alpha value is -12.6. The van der Waals surface area contributed by atoms with Crippen molar-refractivity contribution >= 4 is 79.0 Å². The number of hydrogen-bond acceptors (Lipinski definition) is 7. The summed E-state index contributed by atoms with van der Waals surface area (Å²) >= 11 is 0. The molecule has 5 heterocycles. The molecule has 19 rings (SSSR count). The molecule has 0 saturated heterocycles. The average Bonchev–Trinajstić information content (AvgIpc) is 1.33. The molecule has 9 heteroatoms. The highest BCUT2D eigenvalue weighted by Gasteiger charge is 2.43. The molecule has 0 amide bonds. The van der Waals surface area contributed by atoms with Crippen LogP contribution in [0.1, 0.15) is 25.0 Å². The number of benzene rings is 13. The highest BCUT2D eigenvalue weighted by Crippen LogP contribution is 2.52. The fraction of sp³-hybridized carbons (Fsp3) is 0.0341. The molecular formula is C88H59BN8. The van der Waals surface area contributed by atoms with Crippen molar-refractivity contribution in [2.24, 2.45) is 0 Å². The number of nitrogens with zero attached hydrogens (tertiary/aromatic N) is 8. The molecule has 0 spiro atoms. The van der Waals surface area contributed by atoms with Gasteiger partial charge in [-0.3, -0.25) is 0 Å². The lowest BCUT2D eigenvalue weighted by Crippen LogP contribution is -2.61. The summed E-state index contributed by atoms with van der Waals surface area (Å²) in [4.78, 5) is 31.6. The van der Waals surface area contributed by atoms with Crippen LogP contribution in [0.15, 0.2) is 322 Å². The number of anilines is 6. The number of rotatable bonds is 10. The zero-order valence-electron chi connectivity index (χ0n) is 53.3. The van der Waals surface area contributed by atoms with Gasteiger partial charge in [0.15, 0.2) is 23.3 Å². The molecule has 97 heavy (non-hydrogen) atoms. The van der Waals surface area contributed by atoms with Crippen molar-refractivity contribution in [2.45, 2.75) is 19.3 Å². The number of hydrogen-bond donors (Lipinski definition) is 0. The summed E-state index contributed by atoms with van der Waals surface area (Å²) < 4.78 is 2.44. The SMILES string of the molecule is CC1(C)c2ccccc2-c2cc3c4ccccc4n(-c4ccc(-c5nc(-c6ccccc6)nc(-c6ccccc6)n5)cc4-c4cc(-c5ccccc5)nc(-c5ccc(-c6ccc(N7c8ccccc8B8c9ccccc9N(c9ccccc9)c9cccc7c98)cc6)cc5)n4)c3cc21. The van der Waals surface area contributed by atoms with Gasteiger partial charge in [0.2, 0.25) is 0 Å². The largest absolute Gasteiger partial charge is 0.311 e. The summed E-state index contributed by atoms with van der Waals surface area (Å²) in [5.74, 6) is 2.34. The Morgan fingerprint density at radius 1 is 0.278 bits per heavy atom. The van der Waals surface area contributed by atoms with Crippen molar-refractivity contribution in [2.75, 3.05) is 9.80 Å². The summed E-state index contributed by atoms with van der Waals surface area (Å²) in [6, 6.07) is 115. The second-order valence-electron chi connectivity index (χ2n) is 25.9. The van der Waals surface area contributed by atoms with E-state index in [0.29, 0.717) is 23.3 Å². The van der Waals surface area contributed by atoms with Crippen LogP contribution in [0.2, 0.25) is 0 Å². The third-order valence-electron chi connectivity index (χ3n) is 20.1. The van der Waals surface area contributed by atoms with E-state index >= 15 is 0 Å². The molecule has 1 aliphatic carbocycles. The van der Waals surface area contributed by atoms with Crippen LogP contribution >= 0.6 is 0 Å². The first-order valence-electron chi connectivity index (χ1n) is 33.2. The van der Waals surface area contributed by atoms with Crippen molar-refractivity contribution < 1.29 is 0 Å². The smallest absolute Gasteiger partial charge is 0.252 e. The second kappa shape index (κ2) is 22.3. The highest BCUT2D eigenvalue weighted by molar-refractivity contribution is 7.00. The lowest BCUT2D eigenvalue weighted by molar-refractivity contribution is 0.661. The fourth-order valence-corrected chi connectivity index (χ4v) is 15.5. The molecule has 8 nitrogen and oxygen atoms in total. The van der Waals surface area contributed by atoms with Crippen molar-refractivity contribution in [3.63, 3.8) is 0 Å². The molecule has 16 aromatic rings. The Kier molecular flexibility index (Phi) is 12.9. The first-order chi connectivity index (χ1) is 47.9. The van der Waals surface area contributed by atoms with Crippen molar-refractivity contribution in [3.05, 3.63) is 333 Å². The van der Waals surface area contributed by atoms with Gasteiger partial charge in [0.1, 0.15) is 0 Å². The highest BCUT2D eigenvalue weighted by atomic mass is 15.2. The molecule has 0 atom stereocenters. The molecule has 0 bridgehead atoms. The van der Waals surface area contributed by atoms with Gasteiger partial charge in [-0.25, -0.2) is 24.9 Å². The molecule has 0 radical (unpaired) electrons. The van der Waals surface area contributed by atoms with Gasteiger partial charge >= 0.3 is 0 Å². The monoisotopic (exact) mass is 1240 g/mol. The van der Waals surface area contributed by atoms with Gasteiger partial charge in [0, 0.05) is 83.7 Å². The predicted molar refractivity (Wildman–Crippen MR) is 399 cm³/mol. The predicted octanol–water partition coefficient (Wildman–Crippen LogP) is 19.8. The minimum atomic E-state index is -0.224. The third kappa shape index (κ3) is 9.11. The van der Waals surface area contributed by atoms with Gasteiger partial charge in [0.25, 0.3) is 6.71 Å². The molecular weight excluding hydrogens is 1180 g/mol. The molecule has 13 aromatic carbocycles. The van der Waals surface area contributed by atoms with E-state index in [1.807, 2.05) is 42.5 Å². The summed E-state index contributed by atoms with van der Waals surface area (Å²) in [5, 5.41) is 2.36. The maximum Gasteiger partial charge on any atom is 0.252 e. The second-order valence-corrected chi connectivity index (χ2v) is 25.9. The Bertz CT molecular complexity index is 5740. The Balaban J connectivity index is 0.751. The maximum absolute atomic E-state index is 5.68. The Labute approximate surface area is 562 Å². The van der Waals surface area contributed by atoms with Crippen LogP contribution in [0.4, 0.5) is 34.1 Å². The van der Waals surface area contributed by atoms with Gasteiger partial charge in [-0.2, -0.15) is 0 Å². The van der Waals surface area contributed by atoms with Crippen LogP contribution in [0.5, 0.6) is 0 Å². The fourth-order valence-electron chi connectivity index (χ4n) is 15.5. The van der Waals surface area contributed by atoms with Crippen molar-refractivity contribution in [1.82, 2.24) is 29.5 Å². The number of fused-ring (bicyclic) bond motifs is 10. The standard InChI is InChI=1S/C88H59BN8/c1-88(2)70-34-17-15-32-65(70)67-53-68-66-33-16-20-37-76(66)97(82(68)54-71(67)88)77-51-48-62(87-93-85(59-26-9-4-10-27-59)92-86(94-87)60-28-11-5-12-29-60)52-69(77)75-55-74(58-24-7-3-8-25-58)90-84(91-75)61-44-42-56(43-45-61)57-46-49-64(50-47-57)96-79-39-22-19-36-73(79)89-72-35-18-21-38-78(72)95(63-30-13-6-14-31-63)80-40-23-41-81(96)83(80)89/h3-55H,1-2H3. The average molecular weight is 1240 g/mol. The van der Waals surface area contributed by atoms with Gasteiger partial charge in [-0.1, -0.05) is 244 Å². The van der Waals surface area contributed by atoms with E-state index in [0.717, 1.165) is 84.0 Å². The molecule has 0 saturated carbocycles. The van der Waals surface area contributed by atoms with Crippen LogP contribution in [-0.4, -0.2) is 36.2 Å². The van der Waals surface area contributed by atoms with E-state index in [4.69, 9.17) is 24.9 Å². The van der Waals surface area contributed by atoms with E-state index in [9.17, 15) is 0 Å². The van der Waals surface area contributed by atoms with Gasteiger partial charge in [-0.05, 0) is 141 Å². The third-order valence-corrected chi connectivity index (χ3v) is 20.1. The van der Waals surface area contributed by atoms with Crippen LogP contribution in [0, 0.1) is 0 Å². The zero-order valence-corrected chi connectivity index (χ0v) is 53.3. The van der Waals surface area contributed by atoms with Crippen LogP contribution in [-0.2, 0) is 5.41 Å². The van der Waals surface area contributed by atoms with E-state index in [1.165, 1.54) is 72.2 Å². The lowest BCUT2D eigenvalue weighted by Gasteiger charge is -2.44. The number of para-hydroxylation sites is 4. The van der Waals surface area contributed by atoms with Crippen molar-refractivity contribution in [3.8, 4) is 96.0 Å². The minimum Gasteiger partial charge on any atom is -0.311 e. The van der Waals surface area contributed by atoms with Crippen LogP contribution < -0.4 is 26.2 Å². The quantitative estimate of drug-likeness (QED) is 0.126. The summed E-state index contributed by atoms with van der Waals surface area (Å²) in [5.41, 5.74) is 28.2. The summed E-state index contributed by atoms with van der Waals surface area (Å²) in [6.45, 7) is 4.78. The minimum absolute atomic E-state index is 0.0743. The van der Waals surface area contributed by atoms with Gasteiger partial charge in [0.05, 0.1) is 28.1 Å².